The lowest BCUT2D eigenvalue weighted by molar-refractivity contribution is -0.0506. The van der Waals surface area contributed by atoms with Gasteiger partial charge < -0.3 is 14.7 Å². The Bertz CT molecular complexity index is 338. The smallest absolute Gasteiger partial charge is 0.147 e. The van der Waals surface area contributed by atoms with E-state index in [0.717, 1.165) is 5.82 Å². The SMILES string of the molecule is COCC1(O)CN(c2cnc(Br)cn2)C1. The summed E-state index contributed by atoms with van der Waals surface area (Å²) in [6, 6.07) is 0. The number of ether oxygens (including phenoxy) is 1. The Labute approximate surface area is 96.2 Å². The summed E-state index contributed by atoms with van der Waals surface area (Å²) >= 11 is 3.22. The van der Waals surface area contributed by atoms with E-state index in [9.17, 15) is 5.11 Å². The third-order valence-electron chi connectivity index (χ3n) is 2.31. The highest BCUT2D eigenvalue weighted by Crippen LogP contribution is 2.26. The number of halogens is 1. The Hall–Kier alpha value is -0.720. The van der Waals surface area contributed by atoms with E-state index in [1.165, 1.54) is 0 Å². The molecule has 2 heterocycles. The Morgan fingerprint density at radius 1 is 1.53 bits per heavy atom. The standard InChI is InChI=1S/C9H12BrN3O2/c1-15-6-9(14)4-13(5-9)8-3-11-7(10)2-12-8/h2-3,14H,4-6H2,1H3. The Kier molecular flexibility index (Phi) is 2.90. The van der Waals surface area contributed by atoms with Crippen molar-refractivity contribution in [1.29, 1.82) is 0 Å². The molecule has 0 amide bonds. The molecule has 1 aliphatic rings. The minimum atomic E-state index is -0.733. The fourth-order valence-corrected chi connectivity index (χ4v) is 1.86. The number of nitrogens with zero attached hydrogens (tertiary/aromatic N) is 3. The summed E-state index contributed by atoms with van der Waals surface area (Å²) < 4.78 is 5.64. The summed E-state index contributed by atoms with van der Waals surface area (Å²) in [4.78, 5) is 10.2. The van der Waals surface area contributed by atoms with Crippen LogP contribution >= 0.6 is 15.9 Å². The number of hydrogen-bond donors (Lipinski definition) is 1. The number of anilines is 1. The van der Waals surface area contributed by atoms with E-state index < -0.39 is 5.60 Å². The topological polar surface area (TPSA) is 58.5 Å². The van der Waals surface area contributed by atoms with Crippen LogP contribution < -0.4 is 4.90 Å². The van der Waals surface area contributed by atoms with Crippen molar-refractivity contribution in [3.05, 3.63) is 17.0 Å². The van der Waals surface area contributed by atoms with Gasteiger partial charge in [-0.1, -0.05) is 0 Å². The van der Waals surface area contributed by atoms with Crippen molar-refractivity contribution in [1.82, 2.24) is 9.97 Å². The van der Waals surface area contributed by atoms with Gasteiger partial charge in [-0.2, -0.15) is 0 Å². The molecule has 1 N–H and O–H groups in total. The van der Waals surface area contributed by atoms with Gasteiger partial charge in [0.05, 0.1) is 32.1 Å². The highest BCUT2D eigenvalue weighted by Gasteiger charge is 2.41. The molecular formula is C9H12BrN3O2. The second-order valence-electron chi connectivity index (χ2n) is 3.71. The zero-order chi connectivity index (χ0) is 10.9. The lowest BCUT2D eigenvalue weighted by atomic mass is 9.95. The van der Waals surface area contributed by atoms with Crippen molar-refractivity contribution in [2.45, 2.75) is 5.60 Å². The highest BCUT2D eigenvalue weighted by molar-refractivity contribution is 9.10. The molecule has 0 unspecified atom stereocenters. The van der Waals surface area contributed by atoms with Crippen molar-refractivity contribution < 1.29 is 9.84 Å². The predicted octanol–water partition coefficient (Wildman–Crippen LogP) is 0.437. The van der Waals surface area contributed by atoms with Crippen molar-refractivity contribution >= 4 is 21.7 Å². The Morgan fingerprint density at radius 2 is 2.27 bits per heavy atom. The summed E-state index contributed by atoms with van der Waals surface area (Å²) in [6.07, 6.45) is 3.32. The molecule has 0 aromatic carbocycles. The summed E-state index contributed by atoms with van der Waals surface area (Å²) in [5, 5.41) is 9.87. The maximum Gasteiger partial charge on any atom is 0.147 e. The van der Waals surface area contributed by atoms with Gasteiger partial charge in [-0.25, -0.2) is 9.97 Å². The van der Waals surface area contributed by atoms with Gasteiger partial charge in [0.25, 0.3) is 0 Å². The van der Waals surface area contributed by atoms with Gasteiger partial charge in [-0.3, -0.25) is 0 Å². The van der Waals surface area contributed by atoms with E-state index in [-0.39, 0.29) is 0 Å². The number of aromatic nitrogens is 2. The zero-order valence-electron chi connectivity index (χ0n) is 8.35. The number of aliphatic hydroxyl groups is 1. The van der Waals surface area contributed by atoms with Gasteiger partial charge in [-0.05, 0) is 15.9 Å². The molecule has 1 aromatic rings. The zero-order valence-corrected chi connectivity index (χ0v) is 9.94. The normalized spacial score (nSPS) is 18.7. The molecule has 5 nitrogen and oxygen atoms in total. The van der Waals surface area contributed by atoms with E-state index in [2.05, 4.69) is 25.9 Å². The molecule has 15 heavy (non-hydrogen) atoms. The van der Waals surface area contributed by atoms with E-state index >= 15 is 0 Å². The molecule has 1 saturated heterocycles. The van der Waals surface area contributed by atoms with Gasteiger partial charge in [0.15, 0.2) is 0 Å². The van der Waals surface area contributed by atoms with Crippen LogP contribution in [0.15, 0.2) is 17.0 Å². The fraction of sp³-hybridized carbons (Fsp3) is 0.556. The monoisotopic (exact) mass is 273 g/mol. The minimum Gasteiger partial charge on any atom is -0.384 e. The summed E-state index contributed by atoms with van der Waals surface area (Å²) in [7, 11) is 1.58. The van der Waals surface area contributed by atoms with Crippen LogP contribution in [-0.2, 0) is 4.74 Å². The van der Waals surface area contributed by atoms with E-state index in [4.69, 9.17) is 4.74 Å². The average molecular weight is 274 g/mol. The van der Waals surface area contributed by atoms with Crippen LogP contribution in [0.25, 0.3) is 0 Å². The molecule has 82 valence electrons. The second kappa shape index (κ2) is 4.03. The number of hydrogen-bond acceptors (Lipinski definition) is 5. The molecule has 0 spiro atoms. The molecule has 1 fully saturated rings. The molecule has 0 aliphatic carbocycles. The van der Waals surface area contributed by atoms with Crippen LogP contribution in [0.4, 0.5) is 5.82 Å². The van der Waals surface area contributed by atoms with Crippen LogP contribution in [0.5, 0.6) is 0 Å². The lowest BCUT2D eigenvalue weighted by Crippen LogP contribution is -2.64. The summed E-state index contributed by atoms with van der Waals surface area (Å²) in [5.74, 6) is 0.777. The Balaban J connectivity index is 1.97. The van der Waals surface area contributed by atoms with E-state index in [1.54, 1.807) is 19.5 Å². The Morgan fingerprint density at radius 3 is 2.80 bits per heavy atom. The number of rotatable bonds is 3. The number of methoxy groups -OCH3 is 1. The lowest BCUT2D eigenvalue weighted by Gasteiger charge is -2.46. The van der Waals surface area contributed by atoms with Crippen LogP contribution in [-0.4, -0.2) is 47.5 Å². The van der Waals surface area contributed by atoms with Crippen molar-refractivity contribution in [2.75, 3.05) is 31.7 Å². The first-order chi connectivity index (χ1) is 7.13. The molecule has 6 heteroatoms. The van der Waals surface area contributed by atoms with Gasteiger partial charge in [0, 0.05) is 7.11 Å². The second-order valence-corrected chi connectivity index (χ2v) is 4.52. The third-order valence-corrected chi connectivity index (χ3v) is 2.72. The first kappa shape index (κ1) is 10.8. The van der Waals surface area contributed by atoms with Gasteiger partial charge in [0.2, 0.25) is 0 Å². The summed E-state index contributed by atoms with van der Waals surface area (Å²) in [6.45, 7) is 1.43. The highest BCUT2D eigenvalue weighted by atomic mass is 79.9. The van der Waals surface area contributed by atoms with Crippen LogP contribution in [0.3, 0.4) is 0 Å². The average Bonchev–Trinajstić information content (AvgIpc) is 2.16. The molecule has 0 bridgehead atoms. The predicted molar refractivity (Wildman–Crippen MR) is 58.8 cm³/mol. The molecule has 0 saturated carbocycles. The van der Waals surface area contributed by atoms with Crippen LogP contribution in [0.2, 0.25) is 0 Å². The fourth-order valence-electron chi connectivity index (χ4n) is 1.65. The van der Waals surface area contributed by atoms with Crippen molar-refractivity contribution in [3.63, 3.8) is 0 Å². The maximum atomic E-state index is 9.87. The first-order valence-electron chi connectivity index (χ1n) is 4.57. The van der Waals surface area contributed by atoms with E-state index in [0.29, 0.717) is 24.3 Å². The van der Waals surface area contributed by atoms with Crippen LogP contribution in [0, 0.1) is 0 Å². The number of β-amino-alcohol motifs (C(OH)–C–C–N with tert-alkyl or cyclic N) is 1. The summed E-state index contributed by atoms with van der Waals surface area (Å²) in [5.41, 5.74) is -0.733. The molecule has 1 aromatic heterocycles. The molecule has 1 aliphatic heterocycles. The quantitative estimate of drug-likeness (QED) is 0.866. The molecule has 0 radical (unpaired) electrons. The van der Waals surface area contributed by atoms with E-state index in [1.807, 2.05) is 4.90 Å². The molecule has 0 atom stereocenters. The molecular weight excluding hydrogens is 262 g/mol. The molecule has 2 rings (SSSR count). The van der Waals surface area contributed by atoms with Gasteiger partial charge in [0.1, 0.15) is 16.0 Å². The van der Waals surface area contributed by atoms with Gasteiger partial charge in [-0.15, -0.1) is 0 Å². The maximum absolute atomic E-state index is 9.87. The van der Waals surface area contributed by atoms with Gasteiger partial charge >= 0.3 is 0 Å². The third kappa shape index (κ3) is 2.27. The minimum absolute atomic E-state index is 0.355. The van der Waals surface area contributed by atoms with Crippen LogP contribution in [0.1, 0.15) is 0 Å². The van der Waals surface area contributed by atoms with Crippen molar-refractivity contribution in [3.8, 4) is 0 Å². The first-order valence-corrected chi connectivity index (χ1v) is 5.36. The van der Waals surface area contributed by atoms with Crippen molar-refractivity contribution in [2.24, 2.45) is 0 Å². The largest absolute Gasteiger partial charge is 0.384 e.